The zero-order chi connectivity index (χ0) is 12.3. The molecule has 1 aliphatic rings. The molecular formula is C14H21N2O+. The van der Waals surface area contributed by atoms with Gasteiger partial charge in [0.2, 0.25) is 5.91 Å². The minimum Gasteiger partial charge on any atom is -0.308 e. The second kappa shape index (κ2) is 4.88. The lowest BCUT2D eigenvalue weighted by Crippen LogP contribution is -2.48. The fourth-order valence-corrected chi connectivity index (χ4v) is 2.44. The number of rotatable bonds is 4. The van der Waals surface area contributed by atoms with Gasteiger partial charge in [0.15, 0.2) is 6.67 Å². The van der Waals surface area contributed by atoms with Crippen LogP contribution in [-0.2, 0) is 11.3 Å². The third-order valence-corrected chi connectivity index (χ3v) is 3.18. The molecule has 3 nitrogen and oxygen atoms in total. The Morgan fingerprint density at radius 3 is 2.53 bits per heavy atom. The summed E-state index contributed by atoms with van der Waals surface area (Å²) in [5.41, 5.74) is 1.32. The molecule has 0 spiro atoms. The van der Waals surface area contributed by atoms with Gasteiger partial charge in [0.1, 0.15) is 6.54 Å². The highest BCUT2D eigenvalue weighted by Crippen LogP contribution is 2.15. The number of carbonyl (C=O) groups is 1. The number of benzene rings is 1. The average Bonchev–Trinajstić information content (AvgIpc) is 2.64. The summed E-state index contributed by atoms with van der Waals surface area (Å²) in [6.07, 6.45) is 1.75. The monoisotopic (exact) mass is 233 g/mol. The second-order valence-corrected chi connectivity index (χ2v) is 5.48. The molecule has 0 N–H and O–H groups in total. The smallest absolute Gasteiger partial charge is 0.226 e. The van der Waals surface area contributed by atoms with E-state index in [0.29, 0.717) is 5.91 Å². The number of carbonyl (C=O) groups excluding carboxylic acids is 1. The van der Waals surface area contributed by atoms with Crippen LogP contribution in [0, 0.1) is 0 Å². The minimum atomic E-state index is 0.310. The minimum absolute atomic E-state index is 0.310. The topological polar surface area (TPSA) is 20.3 Å². The van der Waals surface area contributed by atoms with Crippen molar-refractivity contribution in [2.24, 2.45) is 0 Å². The van der Waals surface area contributed by atoms with Gasteiger partial charge in [-0.1, -0.05) is 30.3 Å². The van der Waals surface area contributed by atoms with Crippen molar-refractivity contribution in [3.05, 3.63) is 35.9 Å². The number of amides is 1. The summed E-state index contributed by atoms with van der Waals surface area (Å²) >= 11 is 0. The van der Waals surface area contributed by atoms with Crippen LogP contribution < -0.4 is 0 Å². The molecule has 3 heteroatoms. The van der Waals surface area contributed by atoms with E-state index in [1.54, 1.807) is 0 Å². The molecule has 1 aliphatic heterocycles. The highest BCUT2D eigenvalue weighted by molar-refractivity contribution is 5.77. The van der Waals surface area contributed by atoms with Crippen LogP contribution in [0.25, 0.3) is 0 Å². The third-order valence-electron chi connectivity index (χ3n) is 3.18. The first-order valence-electron chi connectivity index (χ1n) is 6.20. The highest BCUT2D eigenvalue weighted by atomic mass is 16.2. The van der Waals surface area contributed by atoms with E-state index in [-0.39, 0.29) is 0 Å². The van der Waals surface area contributed by atoms with Crippen LogP contribution in [0.3, 0.4) is 0 Å². The van der Waals surface area contributed by atoms with E-state index in [4.69, 9.17) is 0 Å². The molecule has 0 aliphatic carbocycles. The molecule has 17 heavy (non-hydrogen) atoms. The number of likely N-dealkylation sites (tertiary alicyclic amines) is 1. The molecule has 2 rings (SSSR count). The first-order valence-corrected chi connectivity index (χ1v) is 6.20. The Morgan fingerprint density at radius 1 is 1.24 bits per heavy atom. The molecular weight excluding hydrogens is 212 g/mol. The summed E-state index contributed by atoms with van der Waals surface area (Å²) in [7, 11) is 4.36. The van der Waals surface area contributed by atoms with Gasteiger partial charge in [-0.05, 0) is 6.42 Å². The Labute approximate surface area is 103 Å². The maximum absolute atomic E-state index is 11.6. The van der Waals surface area contributed by atoms with Crippen molar-refractivity contribution in [3.8, 4) is 0 Å². The Bertz CT molecular complexity index is 386. The molecule has 92 valence electrons. The van der Waals surface area contributed by atoms with Crippen LogP contribution in [-0.4, -0.2) is 42.6 Å². The molecule has 1 saturated heterocycles. The average molecular weight is 233 g/mol. The highest BCUT2D eigenvalue weighted by Gasteiger charge is 2.27. The van der Waals surface area contributed by atoms with Crippen LogP contribution >= 0.6 is 0 Å². The summed E-state index contributed by atoms with van der Waals surface area (Å²) < 4.78 is 0.829. The van der Waals surface area contributed by atoms with Crippen LogP contribution in [0.5, 0.6) is 0 Å². The van der Waals surface area contributed by atoms with Gasteiger partial charge in [-0.2, -0.15) is 0 Å². The summed E-state index contributed by atoms with van der Waals surface area (Å²) in [6, 6.07) is 10.5. The number of hydrogen-bond donors (Lipinski definition) is 0. The van der Waals surface area contributed by atoms with Gasteiger partial charge in [-0.3, -0.25) is 9.69 Å². The number of quaternary nitrogens is 1. The van der Waals surface area contributed by atoms with Gasteiger partial charge in [-0.15, -0.1) is 0 Å². The number of nitrogens with zero attached hydrogens (tertiary/aromatic N) is 2. The van der Waals surface area contributed by atoms with Crippen LogP contribution in [0.1, 0.15) is 18.4 Å². The standard InChI is InChI=1S/C14H21N2O/c1-16(2,11-13-7-4-3-5-8-13)12-15-10-6-9-14(15)17/h3-5,7-8H,6,9-12H2,1-2H3/q+1. The molecule has 0 atom stereocenters. The lowest BCUT2D eigenvalue weighted by Gasteiger charge is -2.33. The van der Waals surface area contributed by atoms with Crippen molar-refractivity contribution in [2.45, 2.75) is 19.4 Å². The summed E-state index contributed by atoms with van der Waals surface area (Å²) in [6.45, 7) is 2.70. The van der Waals surface area contributed by atoms with E-state index in [9.17, 15) is 4.79 Å². The third kappa shape index (κ3) is 3.30. The van der Waals surface area contributed by atoms with Crippen molar-refractivity contribution in [1.82, 2.24) is 4.90 Å². The van der Waals surface area contributed by atoms with Crippen LogP contribution in [0.15, 0.2) is 30.3 Å². The molecule has 0 bridgehead atoms. The Hall–Kier alpha value is -1.35. The van der Waals surface area contributed by atoms with Crippen LogP contribution in [0.2, 0.25) is 0 Å². The SMILES string of the molecule is C[N+](C)(Cc1ccccc1)CN1CCCC1=O. The van der Waals surface area contributed by atoms with E-state index in [2.05, 4.69) is 38.4 Å². The lowest BCUT2D eigenvalue weighted by molar-refractivity contribution is -0.911. The maximum atomic E-state index is 11.6. The summed E-state index contributed by atoms with van der Waals surface area (Å²) in [5, 5.41) is 0. The van der Waals surface area contributed by atoms with Crippen molar-refractivity contribution < 1.29 is 9.28 Å². The number of hydrogen-bond acceptors (Lipinski definition) is 1. The zero-order valence-electron chi connectivity index (χ0n) is 10.7. The maximum Gasteiger partial charge on any atom is 0.226 e. The fourth-order valence-electron chi connectivity index (χ4n) is 2.44. The van der Waals surface area contributed by atoms with Crippen molar-refractivity contribution in [1.29, 1.82) is 0 Å². The Morgan fingerprint density at radius 2 is 1.94 bits per heavy atom. The van der Waals surface area contributed by atoms with Gasteiger partial charge in [0.05, 0.1) is 14.1 Å². The molecule has 1 aromatic rings. The Balaban J connectivity index is 1.96. The second-order valence-electron chi connectivity index (χ2n) is 5.48. The molecule has 0 aromatic heterocycles. The zero-order valence-corrected chi connectivity index (χ0v) is 10.7. The van der Waals surface area contributed by atoms with Crippen molar-refractivity contribution in [3.63, 3.8) is 0 Å². The van der Waals surface area contributed by atoms with Gasteiger partial charge in [0, 0.05) is 18.5 Å². The van der Waals surface area contributed by atoms with E-state index in [1.807, 2.05) is 11.0 Å². The normalized spacial score (nSPS) is 16.6. The van der Waals surface area contributed by atoms with E-state index >= 15 is 0 Å². The Kier molecular flexibility index (Phi) is 3.48. The predicted octanol–water partition coefficient (Wildman–Crippen LogP) is 1.84. The molecule has 1 amide bonds. The molecule has 1 aromatic carbocycles. The quantitative estimate of drug-likeness (QED) is 0.727. The van der Waals surface area contributed by atoms with Gasteiger partial charge in [0.25, 0.3) is 0 Å². The van der Waals surface area contributed by atoms with E-state index in [1.165, 1.54) is 5.56 Å². The first kappa shape index (κ1) is 12.1. The predicted molar refractivity (Wildman–Crippen MR) is 68.1 cm³/mol. The van der Waals surface area contributed by atoms with Gasteiger partial charge < -0.3 is 4.48 Å². The molecule has 1 fully saturated rings. The van der Waals surface area contributed by atoms with Crippen molar-refractivity contribution in [2.75, 3.05) is 27.3 Å². The van der Waals surface area contributed by atoms with Crippen LogP contribution in [0.4, 0.5) is 0 Å². The summed E-state index contributed by atoms with van der Waals surface area (Å²) in [4.78, 5) is 13.6. The largest absolute Gasteiger partial charge is 0.308 e. The fraction of sp³-hybridized carbons (Fsp3) is 0.500. The summed E-state index contributed by atoms with van der Waals surface area (Å²) in [5.74, 6) is 0.310. The molecule has 0 radical (unpaired) electrons. The first-order chi connectivity index (χ1) is 8.07. The van der Waals surface area contributed by atoms with E-state index < -0.39 is 0 Å². The molecule has 1 heterocycles. The van der Waals surface area contributed by atoms with Gasteiger partial charge in [-0.25, -0.2) is 0 Å². The van der Waals surface area contributed by atoms with Gasteiger partial charge >= 0.3 is 0 Å². The van der Waals surface area contributed by atoms with E-state index in [0.717, 1.165) is 37.1 Å². The lowest BCUT2D eigenvalue weighted by atomic mass is 10.2. The molecule has 0 unspecified atom stereocenters. The van der Waals surface area contributed by atoms with Crippen molar-refractivity contribution >= 4 is 5.91 Å². The molecule has 0 saturated carbocycles.